The summed E-state index contributed by atoms with van der Waals surface area (Å²) in [6, 6.07) is 15.0. The summed E-state index contributed by atoms with van der Waals surface area (Å²) >= 11 is 0. The number of rotatable bonds is 6. The molecule has 2 N–H and O–H groups in total. The van der Waals surface area contributed by atoms with Crippen molar-refractivity contribution in [3.63, 3.8) is 0 Å². The van der Waals surface area contributed by atoms with Crippen molar-refractivity contribution >= 4 is 37.7 Å². The monoisotopic (exact) mass is 508 g/mol. The maximum Gasteiger partial charge on any atom is 0.229 e. The predicted molar refractivity (Wildman–Crippen MR) is 146 cm³/mol. The summed E-state index contributed by atoms with van der Waals surface area (Å²) in [7, 11) is 0.0334. The Balaban J connectivity index is 1.44. The molecular formula is C26H32N6O3S. The van der Waals surface area contributed by atoms with Gasteiger partial charge in [0.1, 0.15) is 11.4 Å². The Kier molecular flexibility index (Phi) is 5.98. The molecule has 0 radical (unpaired) electrons. The van der Waals surface area contributed by atoms with Crippen LogP contribution in [0.1, 0.15) is 0 Å². The highest BCUT2D eigenvalue weighted by Crippen LogP contribution is 2.33. The molecule has 1 fully saturated rings. The fraction of sp³-hybridized carbons (Fsp3) is 0.308. The summed E-state index contributed by atoms with van der Waals surface area (Å²) in [5, 5.41) is 4.24. The number of likely N-dealkylation sites (N-methyl/N-ethyl adjacent to an activating group) is 1. The minimum atomic E-state index is -3.80. The van der Waals surface area contributed by atoms with Crippen molar-refractivity contribution in [3.05, 3.63) is 60.9 Å². The topological polar surface area (TPSA) is 95.7 Å². The van der Waals surface area contributed by atoms with Crippen LogP contribution in [0.4, 0.5) is 17.3 Å². The fourth-order valence-electron chi connectivity index (χ4n) is 4.37. The van der Waals surface area contributed by atoms with Crippen LogP contribution < -0.4 is 15.0 Å². The normalized spacial score (nSPS) is 16.0. The SMILES string of the molecule is COc1ccc(Nc2ncc3ccn(-c4ccc(S(C)(C)(=O)O)cc4)c3n2)cc1N1CCN(C)CC1. The van der Waals surface area contributed by atoms with Crippen molar-refractivity contribution < 1.29 is 13.5 Å². The molecule has 4 aromatic rings. The number of anilines is 3. The molecule has 5 rings (SSSR count). The summed E-state index contributed by atoms with van der Waals surface area (Å²) < 4.78 is 30.3. The van der Waals surface area contributed by atoms with Gasteiger partial charge in [0, 0.05) is 67.8 Å². The smallest absolute Gasteiger partial charge is 0.229 e. The number of benzene rings is 2. The number of hydrogen-bond donors (Lipinski definition) is 2. The van der Waals surface area contributed by atoms with E-state index in [9.17, 15) is 8.76 Å². The molecule has 2 aromatic carbocycles. The Morgan fingerprint density at radius 2 is 1.75 bits per heavy atom. The van der Waals surface area contributed by atoms with Gasteiger partial charge < -0.3 is 24.4 Å². The zero-order chi connectivity index (χ0) is 25.5. The van der Waals surface area contributed by atoms with Crippen LogP contribution in [-0.2, 0) is 9.35 Å². The van der Waals surface area contributed by atoms with E-state index >= 15 is 0 Å². The van der Waals surface area contributed by atoms with E-state index in [0.717, 1.165) is 60.0 Å². The van der Waals surface area contributed by atoms with Gasteiger partial charge in [0.15, 0.2) is 0 Å². The number of methoxy groups -OCH3 is 1. The number of fused-ring (bicyclic) bond motifs is 1. The third-order valence-electron chi connectivity index (χ3n) is 6.49. The molecule has 0 spiro atoms. The van der Waals surface area contributed by atoms with Crippen LogP contribution in [-0.4, -0.2) is 81.0 Å². The van der Waals surface area contributed by atoms with Crippen molar-refractivity contribution in [2.75, 3.05) is 63.1 Å². The highest BCUT2D eigenvalue weighted by molar-refractivity contribution is 8.14. The fourth-order valence-corrected chi connectivity index (χ4v) is 5.29. The quantitative estimate of drug-likeness (QED) is 0.406. The summed E-state index contributed by atoms with van der Waals surface area (Å²) in [6.07, 6.45) is 6.42. The number of nitrogens with zero attached hydrogens (tertiary/aromatic N) is 5. The van der Waals surface area contributed by atoms with Gasteiger partial charge in [-0.25, -0.2) is 9.19 Å². The van der Waals surface area contributed by atoms with Crippen LogP contribution in [0, 0.1) is 0 Å². The van der Waals surface area contributed by atoms with Crippen LogP contribution in [0.15, 0.2) is 65.8 Å². The number of piperazine rings is 1. The van der Waals surface area contributed by atoms with E-state index in [1.54, 1.807) is 25.4 Å². The Hall–Kier alpha value is -3.47. The van der Waals surface area contributed by atoms with Gasteiger partial charge in [-0.05, 0) is 55.6 Å². The van der Waals surface area contributed by atoms with Crippen molar-refractivity contribution in [1.29, 1.82) is 0 Å². The molecule has 0 aliphatic carbocycles. The second-order valence-electron chi connectivity index (χ2n) is 9.72. The lowest BCUT2D eigenvalue weighted by molar-refractivity contribution is 0.311. The molecule has 1 aliphatic heterocycles. The van der Waals surface area contributed by atoms with Crippen LogP contribution in [0.2, 0.25) is 0 Å². The Labute approximate surface area is 210 Å². The Morgan fingerprint density at radius 3 is 2.42 bits per heavy atom. The molecule has 2 aromatic heterocycles. The summed E-state index contributed by atoms with van der Waals surface area (Å²) in [4.78, 5) is 14.3. The third kappa shape index (κ3) is 4.92. The lowest BCUT2D eigenvalue weighted by atomic mass is 10.2. The molecule has 190 valence electrons. The molecule has 1 saturated heterocycles. The number of aromatic nitrogens is 3. The van der Waals surface area contributed by atoms with Gasteiger partial charge in [-0.15, -0.1) is 0 Å². The largest absolute Gasteiger partial charge is 0.495 e. The minimum absolute atomic E-state index is 0.403. The molecule has 36 heavy (non-hydrogen) atoms. The maximum absolute atomic E-state index is 12.5. The zero-order valence-corrected chi connectivity index (χ0v) is 21.8. The second-order valence-corrected chi connectivity index (χ2v) is 13.7. The number of ether oxygens (including phenoxy) is 1. The van der Waals surface area contributed by atoms with Crippen molar-refractivity contribution in [1.82, 2.24) is 19.4 Å². The van der Waals surface area contributed by atoms with Crippen molar-refractivity contribution in [2.24, 2.45) is 0 Å². The second kappa shape index (κ2) is 8.88. The van der Waals surface area contributed by atoms with E-state index in [4.69, 9.17) is 9.72 Å². The summed E-state index contributed by atoms with van der Waals surface area (Å²) in [6.45, 7) is 3.89. The first-order valence-corrected chi connectivity index (χ1v) is 14.5. The molecule has 0 bridgehead atoms. The van der Waals surface area contributed by atoms with Gasteiger partial charge in [0.05, 0.1) is 17.7 Å². The molecule has 10 heteroatoms. The Morgan fingerprint density at radius 1 is 1.03 bits per heavy atom. The first-order valence-electron chi connectivity index (χ1n) is 11.8. The van der Waals surface area contributed by atoms with E-state index in [-0.39, 0.29) is 0 Å². The first-order chi connectivity index (χ1) is 17.1. The third-order valence-corrected chi connectivity index (χ3v) is 8.11. The molecule has 9 nitrogen and oxygen atoms in total. The van der Waals surface area contributed by atoms with Gasteiger partial charge in [-0.3, -0.25) is 4.55 Å². The van der Waals surface area contributed by atoms with Crippen LogP contribution in [0.3, 0.4) is 0 Å². The van der Waals surface area contributed by atoms with Crippen molar-refractivity contribution in [2.45, 2.75) is 4.90 Å². The highest BCUT2D eigenvalue weighted by Gasteiger charge is 2.19. The standard InChI is InChI=1S/C26H32N6O3S/c1-30-13-15-31(16-14-30)23-17-20(5-10-24(23)35-2)28-26-27-18-19-11-12-32(25(19)29-26)21-6-8-22(9-7-21)36(3,4,33)34/h5-12,17-18H,13-16H2,1-4H3,(H,33,34)(H,27,28,29). The van der Waals surface area contributed by atoms with E-state index in [0.29, 0.717) is 10.8 Å². The van der Waals surface area contributed by atoms with E-state index in [2.05, 4.69) is 33.2 Å². The maximum atomic E-state index is 12.5. The van der Waals surface area contributed by atoms with Crippen LogP contribution >= 0.6 is 0 Å². The first kappa shape index (κ1) is 24.2. The Bertz CT molecular complexity index is 1460. The van der Waals surface area contributed by atoms with Gasteiger partial charge >= 0.3 is 0 Å². The molecule has 1 aliphatic rings. The van der Waals surface area contributed by atoms with Gasteiger partial charge in [0.2, 0.25) is 5.95 Å². The summed E-state index contributed by atoms with van der Waals surface area (Å²) in [5.74, 6) is 1.32. The van der Waals surface area contributed by atoms with Crippen molar-refractivity contribution in [3.8, 4) is 11.4 Å². The highest BCUT2D eigenvalue weighted by atomic mass is 32.3. The van der Waals surface area contributed by atoms with Gasteiger partial charge in [-0.2, -0.15) is 14.3 Å². The average molecular weight is 509 g/mol. The van der Waals surface area contributed by atoms with Crippen LogP contribution in [0.5, 0.6) is 5.75 Å². The summed E-state index contributed by atoms with van der Waals surface area (Å²) in [5.41, 5.74) is 3.51. The number of hydrogen-bond acceptors (Lipinski definition) is 7. The van der Waals surface area contributed by atoms with E-state index < -0.39 is 9.35 Å². The molecule has 0 amide bonds. The van der Waals surface area contributed by atoms with Gasteiger partial charge in [0.25, 0.3) is 0 Å². The lowest BCUT2D eigenvalue weighted by Crippen LogP contribution is -2.44. The van der Waals surface area contributed by atoms with Gasteiger partial charge in [-0.1, -0.05) is 0 Å². The zero-order valence-electron chi connectivity index (χ0n) is 21.0. The van der Waals surface area contributed by atoms with E-state index in [1.165, 1.54) is 12.5 Å². The predicted octanol–water partition coefficient (Wildman–Crippen LogP) is 3.84. The lowest BCUT2D eigenvalue weighted by Gasteiger charge is -2.34. The molecule has 0 unspecified atom stereocenters. The average Bonchev–Trinajstić information content (AvgIpc) is 3.27. The van der Waals surface area contributed by atoms with E-state index in [1.807, 2.05) is 41.1 Å². The van der Waals surface area contributed by atoms with Crippen LogP contribution in [0.25, 0.3) is 16.7 Å². The molecular weight excluding hydrogens is 476 g/mol. The molecule has 3 heterocycles. The number of nitrogens with one attached hydrogen (secondary N) is 1. The molecule has 0 saturated carbocycles. The molecule has 0 atom stereocenters. The minimum Gasteiger partial charge on any atom is -0.495 e.